The summed E-state index contributed by atoms with van der Waals surface area (Å²) >= 11 is 0. The molecule has 0 spiro atoms. The van der Waals surface area contributed by atoms with Gasteiger partial charge < -0.3 is 15.5 Å². The van der Waals surface area contributed by atoms with Gasteiger partial charge in [-0.15, -0.1) is 0 Å². The molecule has 1 amide bonds. The van der Waals surface area contributed by atoms with Crippen molar-refractivity contribution in [3.8, 4) is 0 Å². The van der Waals surface area contributed by atoms with Crippen LogP contribution in [0.25, 0.3) is 0 Å². The van der Waals surface area contributed by atoms with Crippen LogP contribution in [0.3, 0.4) is 0 Å². The maximum absolute atomic E-state index is 10.3. The van der Waals surface area contributed by atoms with Crippen molar-refractivity contribution in [3.63, 3.8) is 0 Å². The zero-order valence-electron chi connectivity index (χ0n) is 7.55. The monoisotopic (exact) mass is 196 g/mol. The lowest BCUT2D eigenvalue weighted by Crippen LogP contribution is -2.38. The Balaban J connectivity index is 2.53. The second kappa shape index (κ2) is 5.18. The number of carbonyl (C=O) groups is 1. The van der Waals surface area contributed by atoms with E-state index in [1.807, 2.05) is 6.07 Å². The first kappa shape index (κ1) is 10.5. The lowest BCUT2D eigenvalue weighted by molar-refractivity contribution is 0.177. The van der Waals surface area contributed by atoms with Gasteiger partial charge >= 0.3 is 6.09 Å². The third-order valence-corrected chi connectivity index (χ3v) is 1.75. The normalized spacial score (nSPS) is 12.1. The first-order chi connectivity index (χ1) is 6.72. The van der Waals surface area contributed by atoms with Crippen molar-refractivity contribution in [3.05, 3.63) is 30.1 Å². The van der Waals surface area contributed by atoms with E-state index < -0.39 is 12.1 Å². The molecule has 1 aromatic heterocycles. The van der Waals surface area contributed by atoms with Crippen LogP contribution in [0.4, 0.5) is 4.79 Å². The van der Waals surface area contributed by atoms with Crippen LogP contribution in [0.2, 0.25) is 0 Å². The third kappa shape index (κ3) is 3.40. The highest BCUT2D eigenvalue weighted by Crippen LogP contribution is 2.00. The Labute approximate surface area is 81.4 Å². The van der Waals surface area contributed by atoms with Gasteiger partial charge in [-0.1, -0.05) is 6.07 Å². The molecule has 5 nitrogen and oxygen atoms in total. The first-order valence-corrected chi connectivity index (χ1v) is 4.21. The molecule has 0 bridgehead atoms. The highest BCUT2D eigenvalue weighted by Gasteiger charge is 2.10. The average Bonchev–Trinajstić information content (AvgIpc) is 2.17. The largest absolute Gasteiger partial charge is 0.465 e. The average molecular weight is 196 g/mol. The van der Waals surface area contributed by atoms with Gasteiger partial charge in [0.05, 0.1) is 12.6 Å². The summed E-state index contributed by atoms with van der Waals surface area (Å²) in [5, 5.41) is 19.6. The van der Waals surface area contributed by atoms with E-state index in [0.717, 1.165) is 5.56 Å². The van der Waals surface area contributed by atoms with Crippen molar-refractivity contribution in [1.29, 1.82) is 0 Å². The van der Waals surface area contributed by atoms with Gasteiger partial charge in [0.2, 0.25) is 0 Å². The number of amides is 1. The summed E-state index contributed by atoms with van der Waals surface area (Å²) in [7, 11) is 0. The molecular weight excluding hydrogens is 184 g/mol. The number of hydrogen-bond donors (Lipinski definition) is 3. The van der Waals surface area contributed by atoms with Crippen molar-refractivity contribution >= 4 is 6.09 Å². The fourth-order valence-corrected chi connectivity index (χ4v) is 1.14. The Bertz CT molecular complexity index is 289. The topological polar surface area (TPSA) is 82.5 Å². The van der Waals surface area contributed by atoms with Gasteiger partial charge in [-0.05, 0) is 18.1 Å². The molecule has 0 fully saturated rings. The van der Waals surface area contributed by atoms with E-state index in [4.69, 9.17) is 10.2 Å². The number of rotatable bonds is 4. The minimum Gasteiger partial charge on any atom is -0.465 e. The molecule has 0 aliphatic rings. The quantitative estimate of drug-likeness (QED) is 0.644. The predicted molar refractivity (Wildman–Crippen MR) is 50.0 cm³/mol. The molecule has 0 aliphatic heterocycles. The number of aliphatic hydroxyl groups is 1. The number of nitrogens with one attached hydrogen (secondary N) is 1. The molecule has 1 aromatic rings. The van der Waals surface area contributed by atoms with Gasteiger partial charge in [-0.25, -0.2) is 4.79 Å². The molecule has 1 rings (SSSR count). The Kier molecular flexibility index (Phi) is 3.87. The number of hydrogen-bond acceptors (Lipinski definition) is 3. The van der Waals surface area contributed by atoms with Crippen molar-refractivity contribution in [2.45, 2.75) is 12.5 Å². The molecule has 0 aliphatic carbocycles. The van der Waals surface area contributed by atoms with Crippen LogP contribution in [0, 0.1) is 0 Å². The summed E-state index contributed by atoms with van der Waals surface area (Å²) in [5.74, 6) is 0. The Morgan fingerprint density at radius 3 is 2.93 bits per heavy atom. The minimum atomic E-state index is -1.13. The molecular formula is C9H12N2O3. The van der Waals surface area contributed by atoms with Crippen LogP contribution in [0.5, 0.6) is 0 Å². The van der Waals surface area contributed by atoms with Gasteiger partial charge in [0.1, 0.15) is 0 Å². The predicted octanol–water partition coefficient (Wildman–Crippen LogP) is 0.253. The smallest absolute Gasteiger partial charge is 0.404 e. The second-order valence-electron chi connectivity index (χ2n) is 2.89. The summed E-state index contributed by atoms with van der Waals surface area (Å²) in [6, 6.07) is 3.13. The van der Waals surface area contributed by atoms with Gasteiger partial charge in [0, 0.05) is 12.4 Å². The van der Waals surface area contributed by atoms with Gasteiger partial charge in [-0.2, -0.15) is 0 Å². The molecule has 76 valence electrons. The zero-order chi connectivity index (χ0) is 10.4. The van der Waals surface area contributed by atoms with Crippen molar-refractivity contribution in [1.82, 2.24) is 10.3 Å². The maximum atomic E-state index is 10.3. The molecule has 0 saturated heterocycles. The van der Waals surface area contributed by atoms with Crippen LogP contribution >= 0.6 is 0 Å². The minimum absolute atomic E-state index is 0.221. The molecule has 5 heteroatoms. The standard InChI is InChI=1S/C9H12N2O3/c12-6-8(11-9(13)14)4-7-2-1-3-10-5-7/h1-3,5,8,11-12H,4,6H2,(H,13,14). The summed E-state index contributed by atoms with van der Waals surface area (Å²) in [6.07, 6.45) is 2.60. The van der Waals surface area contributed by atoms with Crippen LogP contribution in [-0.2, 0) is 6.42 Å². The van der Waals surface area contributed by atoms with Crippen molar-refractivity contribution in [2.24, 2.45) is 0 Å². The van der Waals surface area contributed by atoms with Crippen LogP contribution in [0.1, 0.15) is 5.56 Å². The third-order valence-electron chi connectivity index (χ3n) is 1.75. The lowest BCUT2D eigenvalue weighted by atomic mass is 10.1. The summed E-state index contributed by atoms with van der Waals surface area (Å²) in [5.41, 5.74) is 0.889. The van der Waals surface area contributed by atoms with Crippen LogP contribution in [-0.4, -0.2) is 33.9 Å². The van der Waals surface area contributed by atoms with Gasteiger partial charge in [0.15, 0.2) is 0 Å². The number of nitrogens with zero attached hydrogens (tertiary/aromatic N) is 1. The fraction of sp³-hybridized carbons (Fsp3) is 0.333. The van der Waals surface area contributed by atoms with E-state index in [9.17, 15) is 4.79 Å². The van der Waals surface area contributed by atoms with Crippen LogP contribution < -0.4 is 5.32 Å². The molecule has 0 saturated carbocycles. The molecule has 1 unspecified atom stereocenters. The van der Waals surface area contributed by atoms with E-state index in [-0.39, 0.29) is 6.61 Å². The maximum Gasteiger partial charge on any atom is 0.404 e. The number of carboxylic acid groups (broad SMARTS) is 1. The van der Waals surface area contributed by atoms with E-state index in [1.165, 1.54) is 0 Å². The second-order valence-corrected chi connectivity index (χ2v) is 2.89. The lowest BCUT2D eigenvalue weighted by Gasteiger charge is -2.13. The number of aromatic nitrogens is 1. The highest BCUT2D eigenvalue weighted by molar-refractivity contribution is 5.64. The molecule has 1 heterocycles. The van der Waals surface area contributed by atoms with E-state index in [0.29, 0.717) is 6.42 Å². The summed E-state index contributed by atoms with van der Waals surface area (Å²) in [6.45, 7) is -0.221. The van der Waals surface area contributed by atoms with Crippen LogP contribution in [0.15, 0.2) is 24.5 Å². The summed E-state index contributed by atoms with van der Waals surface area (Å²) < 4.78 is 0. The SMILES string of the molecule is O=C(O)NC(CO)Cc1cccnc1. The molecule has 3 N–H and O–H groups in total. The molecule has 1 atom stereocenters. The number of aliphatic hydroxyl groups excluding tert-OH is 1. The van der Waals surface area contributed by atoms with E-state index >= 15 is 0 Å². The fourth-order valence-electron chi connectivity index (χ4n) is 1.14. The molecule has 14 heavy (non-hydrogen) atoms. The van der Waals surface area contributed by atoms with Crippen molar-refractivity contribution < 1.29 is 15.0 Å². The van der Waals surface area contributed by atoms with E-state index in [2.05, 4.69) is 10.3 Å². The summed E-state index contributed by atoms with van der Waals surface area (Å²) in [4.78, 5) is 14.2. The first-order valence-electron chi connectivity index (χ1n) is 4.21. The van der Waals surface area contributed by atoms with Gasteiger partial charge in [-0.3, -0.25) is 4.98 Å². The Morgan fingerprint density at radius 2 is 2.43 bits per heavy atom. The molecule has 0 aromatic carbocycles. The van der Waals surface area contributed by atoms with E-state index in [1.54, 1.807) is 18.5 Å². The number of pyridine rings is 1. The van der Waals surface area contributed by atoms with Gasteiger partial charge in [0.25, 0.3) is 0 Å². The Hall–Kier alpha value is -1.62. The highest BCUT2D eigenvalue weighted by atomic mass is 16.4. The zero-order valence-corrected chi connectivity index (χ0v) is 7.55. The Morgan fingerprint density at radius 1 is 1.64 bits per heavy atom. The van der Waals surface area contributed by atoms with Crippen molar-refractivity contribution in [2.75, 3.05) is 6.61 Å². The molecule has 0 radical (unpaired) electrons.